The molecule has 0 unspecified atom stereocenters. The molecule has 0 amide bonds. The normalized spacial score (nSPS) is 11.5. The van der Waals surface area contributed by atoms with E-state index in [-0.39, 0.29) is 0 Å². The molecular weight excluding hydrogens is 632 g/mol. The maximum Gasteiger partial charge on any atom is 0.0991 e. The average Bonchev–Trinajstić information content (AvgIpc) is 3.92. The number of nitrogens with zero attached hydrogens (tertiary/aromatic N) is 3. The standard InChI is InChI=1S/C39H23BrN6/c40-28-11-9-27(10-12-28)39-35-19-17-33(45-35)37(25-5-1-23(21-41)2-6-25)31-15-13-29(43-31)30-14-16-32(44-30)38(34-18-20-36(39)46-34)26-7-3-24(22-42)4-8-26/h1-20,43-45H. The zero-order valence-corrected chi connectivity index (χ0v) is 25.9. The molecule has 6 nitrogen and oxygen atoms in total. The number of rotatable bonds is 3. The molecule has 0 fully saturated rings. The molecular formula is C39H23BrN6. The summed E-state index contributed by atoms with van der Waals surface area (Å²) in [6.45, 7) is 0. The second kappa shape index (κ2) is 11.1. The lowest BCUT2D eigenvalue weighted by molar-refractivity contribution is 1.32. The van der Waals surface area contributed by atoms with Gasteiger partial charge in [0.2, 0.25) is 0 Å². The van der Waals surface area contributed by atoms with E-state index in [0.29, 0.717) is 11.1 Å². The minimum atomic E-state index is 0.603. The number of aromatic amines is 3. The topological polar surface area (TPSA) is 108 Å². The number of halogens is 1. The van der Waals surface area contributed by atoms with Crippen LogP contribution in [0.5, 0.6) is 0 Å². The van der Waals surface area contributed by atoms with Gasteiger partial charge in [0.25, 0.3) is 0 Å². The Morgan fingerprint density at radius 1 is 0.435 bits per heavy atom. The maximum absolute atomic E-state index is 9.43. The number of aromatic nitrogens is 4. The Morgan fingerprint density at radius 2 is 0.783 bits per heavy atom. The van der Waals surface area contributed by atoms with E-state index in [1.165, 1.54) is 0 Å². The summed E-state index contributed by atoms with van der Waals surface area (Å²) in [6.07, 6.45) is 4.12. The van der Waals surface area contributed by atoms with E-state index in [2.05, 4.69) is 104 Å². The van der Waals surface area contributed by atoms with Gasteiger partial charge >= 0.3 is 0 Å². The molecule has 8 rings (SSSR count). The van der Waals surface area contributed by atoms with Crippen molar-refractivity contribution in [2.24, 2.45) is 0 Å². The molecule has 1 aliphatic rings. The molecule has 0 aliphatic carbocycles. The highest BCUT2D eigenvalue weighted by molar-refractivity contribution is 9.10. The van der Waals surface area contributed by atoms with Gasteiger partial charge in [0.15, 0.2) is 0 Å². The Balaban J connectivity index is 1.53. The molecule has 0 saturated carbocycles. The van der Waals surface area contributed by atoms with Crippen LogP contribution >= 0.6 is 15.9 Å². The molecule has 7 aromatic rings. The largest absolute Gasteiger partial charge is 0.354 e. The van der Waals surface area contributed by atoms with Gasteiger partial charge in [0.1, 0.15) is 0 Å². The third-order valence-corrected chi connectivity index (χ3v) is 8.84. The molecule has 3 N–H and O–H groups in total. The number of hydrogen-bond donors (Lipinski definition) is 3. The summed E-state index contributed by atoms with van der Waals surface area (Å²) < 4.78 is 0.996. The minimum Gasteiger partial charge on any atom is -0.354 e. The summed E-state index contributed by atoms with van der Waals surface area (Å²) in [7, 11) is 0. The fourth-order valence-corrected chi connectivity index (χ4v) is 6.37. The SMILES string of the molecule is N#Cc1ccc(-c2c3nc(c(-c4ccc(Br)cc4)c4ccc([nH]4)c(-c4ccc(C#N)cc4)c4ccc([nH]4)c4ccc2[nH]4)C=C3)cc1. The monoisotopic (exact) mass is 654 g/mol. The molecule has 4 aromatic heterocycles. The van der Waals surface area contributed by atoms with Crippen molar-refractivity contribution in [1.82, 2.24) is 19.9 Å². The molecule has 0 spiro atoms. The first-order chi connectivity index (χ1) is 22.6. The summed E-state index contributed by atoms with van der Waals surface area (Å²) in [5.74, 6) is 0. The number of benzene rings is 3. The van der Waals surface area contributed by atoms with Gasteiger partial charge in [-0.25, -0.2) is 4.98 Å². The average molecular weight is 656 g/mol. The van der Waals surface area contributed by atoms with Crippen LogP contribution in [0, 0.1) is 22.7 Å². The van der Waals surface area contributed by atoms with Gasteiger partial charge in [-0.15, -0.1) is 0 Å². The van der Waals surface area contributed by atoms with Crippen LogP contribution in [0.2, 0.25) is 0 Å². The molecule has 5 heterocycles. The quantitative estimate of drug-likeness (QED) is 0.176. The lowest BCUT2D eigenvalue weighted by Gasteiger charge is -2.06. The van der Waals surface area contributed by atoms with Gasteiger partial charge in [-0.2, -0.15) is 10.5 Å². The Bertz CT molecular complexity index is 2530. The zero-order valence-electron chi connectivity index (χ0n) is 24.3. The van der Waals surface area contributed by atoms with Crippen LogP contribution in [0.25, 0.3) is 78.6 Å². The number of nitriles is 2. The smallest absolute Gasteiger partial charge is 0.0991 e. The molecule has 3 aromatic carbocycles. The maximum atomic E-state index is 9.43. The van der Waals surface area contributed by atoms with Gasteiger partial charge in [-0.1, -0.05) is 52.3 Å². The Labute approximate surface area is 272 Å². The van der Waals surface area contributed by atoms with E-state index in [4.69, 9.17) is 4.98 Å². The fourth-order valence-electron chi connectivity index (χ4n) is 6.10. The highest BCUT2D eigenvalue weighted by Gasteiger charge is 2.16. The number of fused-ring (bicyclic) bond motifs is 9. The number of H-pyrrole nitrogens is 3. The van der Waals surface area contributed by atoms with Gasteiger partial charge in [0, 0.05) is 43.2 Å². The van der Waals surface area contributed by atoms with Gasteiger partial charge < -0.3 is 15.0 Å². The van der Waals surface area contributed by atoms with Gasteiger partial charge in [0.05, 0.1) is 45.7 Å². The summed E-state index contributed by atoms with van der Waals surface area (Å²) in [5.41, 5.74) is 14.3. The van der Waals surface area contributed by atoms with E-state index in [0.717, 1.165) is 82.3 Å². The molecule has 1 aliphatic heterocycles. The van der Waals surface area contributed by atoms with Crippen LogP contribution in [0.4, 0.5) is 0 Å². The third-order valence-electron chi connectivity index (χ3n) is 8.32. The lowest BCUT2D eigenvalue weighted by atomic mass is 10.0. The molecule has 46 heavy (non-hydrogen) atoms. The van der Waals surface area contributed by atoms with E-state index in [1.54, 1.807) is 0 Å². The molecule has 7 heteroatoms. The van der Waals surface area contributed by atoms with Crippen LogP contribution in [0.15, 0.2) is 114 Å². The summed E-state index contributed by atoms with van der Waals surface area (Å²) in [5, 5.41) is 18.9. The highest BCUT2D eigenvalue weighted by Crippen LogP contribution is 2.36. The molecule has 8 bridgehead atoms. The Morgan fingerprint density at radius 3 is 1.22 bits per heavy atom. The van der Waals surface area contributed by atoms with E-state index in [9.17, 15) is 10.5 Å². The van der Waals surface area contributed by atoms with Crippen molar-refractivity contribution >= 4 is 61.2 Å². The van der Waals surface area contributed by atoms with Crippen LogP contribution < -0.4 is 0 Å². The fraction of sp³-hybridized carbons (Fsp3) is 0. The molecule has 0 saturated heterocycles. The van der Waals surface area contributed by atoms with Crippen molar-refractivity contribution in [3.05, 3.63) is 136 Å². The van der Waals surface area contributed by atoms with E-state index >= 15 is 0 Å². The summed E-state index contributed by atoms with van der Waals surface area (Å²) >= 11 is 3.59. The van der Waals surface area contributed by atoms with Gasteiger partial charge in [-0.05, 0) is 102 Å². The first-order valence-corrected chi connectivity index (χ1v) is 15.5. The molecule has 0 atom stereocenters. The van der Waals surface area contributed by atoms with Crippen LogP contribution in [-0.4, -0.2) is 19.9 Å². The summed E-state index contributed by atoms with van der Waals surface area (Å²) in [6, 6.07) is 40.5. The lowest BCUT2D eigenvalue weighted by Crippen LogP contribution is -1.88. The molecule has 216 valence electrons. The second-order valence-electron chi connectivity index (χ2n) is 11.1. The second-order valence-corrected chi connectivity index (χ2v) is 12.0. The predicted molar refractivity (Wildman–Crippen MR) is 189 cm³/mol. The Hall–Kier alpha value is -6.15. The van der Waals surface area contributed by atoms with Crippen LogP contribution in [0.3, 0.4) is 0 Å². The highest BCUT2D eigenvalue weighted by atomic mass is 79.9. The zero-order chi connectivity index (χ0) is 31.2. The van der Waals surface area contributed by atoms with Gasteiger partial charge in [-0.3, -0.25) is 0 Å². The van der Waals surface area contributed by atoms with Crippen molar-refractivity contribution in [1.29, 1.82) is 10.5 Å². The first-order valence-electron chi connectivity index (χ1n) is 14.7. The predicted octanol–water partition coefficient (Wildman–Crippen LogP) is 10.2. The van der Waals surface area contributed by atoms with Crippen molar-refractivity contribution in [2.45, 2.75) is 0 Å². The minimum absolute atomic E-state index is 0.603. The van der Waals surface area contributed by atoms with Crippen molar-refractivity contribution in [3.8, 4) is 45.5 Å². The Kier molecular flexibility index (Phi) is 6.61. The van der Waals surface area contributed by atoms with Crippen LogP contribution in [0.1, 0.15) is 22.5 Å². The number of nitrogens with one attached hydrogen (secondary N) is 3. The van der Waals surface area contributed by atoms with E-state index < -0.39 is 0 Å². The van der Waals surface area contributed by atoms with Crippen molar-refractivity contribution in [2.75, 3.05) is 0 Å². The number of hydrogen-bond acceptors (Lipinski definition) is 3. The van der Waals surface area contributed by atoms with Crippen molar-refractivity contribution in [3.63, 3.8) is 0 Å². The van der Waals surface area contributed by atoms with Crippen molar-refractivity contribution < 1.29 is 0 Å². The third kappa shape index (κ3) is 4.77. The molecule has 0 radical (unpaired) electrons. The first kappa shape index (κ1) is 27.4. The van der Waals surface area contributed by atoms with E-state index in [1.807, 2.05) is 60.7 Å². The summed E-state index contributed by atoms with van der Waals surface area (Å²) in [4.78, 5) is 16.2. The van der Waals surface area contributed by atoms with Crippen LogP contribution in [-0.2, 0) is 0 Å².